The quantitative estimate of drug-likeness (QED) is 0.636. The van der Waals surface area contributed by atoms with E-state index in [-0.39, 0.29) is 6.61 Å². The number of hydrogen-bond acceptors (Lipinski definition) is 4. The van der Waals surface area contributed by atoms with Gasteiger partial charge in [-0.3, -0.25) is 4.79 Å². The average Bonchev–Trinajstić information content (AvgIpc) is 3.05. The number of nitrogens with zero attached hydrogens (tertiary/aromatic N) is 2. The molecule has 9 heteroatoms. The second-order valence-electron chi connectivity index (χ2n) is 7.52. The Kier molecular flexibility index (Phi) is 5.56. The van der Waals surface area contributed by atoms with Crippen LogP contribution in [0, 0.1) is 0 Å². The van der Waals surface area contributed by atoms with Crippen LogP contribution in [0.25, 0.3) is 11.0 Å². The largest absolute Gasteiger partial charge is 0.460 e. The molecule has 0 saturated carbocycles. The molecule has 0 aliphatic carbocycles. The molecule has 0 fully saturated rings. The predicted molar refractivity (Wildman–Crippen MR) is 104 cm³/mol. The van der Waals surface area contributed by atoms with E-state index in [9.17, 15) is 22.8 Å². The number of pyridine rings is 1. The van der Waals surface area contributed by atoms with Gasteiger partial charge < -0.3 is 14.6 Å². The molecular weight excluding hydrogens is 399 g/mol. The van der Waals surface area contributed by atoms with E-state index in [4.69, 9.17) is 4.74 Å². The van der Waals surface area contributed by atoms with Crippen LogP contribution < -0.4 is 5.32 Å². The van der Waals surface area contributed by atoms with E-state index < -0.39 is 34.7 Å². The summed E-state index contributed by atoms with van der Waals surface area (Å²) in [5.41, 5.74) is -1.63. The maximum atomic E-state index is 13.1. The number of benzene rings is 1. The monoisotopic (exact) mass is 419 g/mol. The van der Waals surface area contributed by atoms with Gasteiger partial charge in [0.25, 0.3) is 5.91 Å². The van der Waals surface area contributed by atoms with Gasteiger partial charge in [0.1, 0.15) is 12.3 Å². The first-order valence-corrected chi connectivity index (χ1v) is 9.05. The van der Waals surface area contributed by atoms with E-state index in [1.165, 1.54) is 18.3 Å². The highest BCUT2D eigenvalue weighted by Crippen LogP contribution is 2.32. The topological polar surface area (TPSA) is 73.2 Å². The van der Waals surface area contributed by atoms with Crippen LogP contribution in [0.1, 0.15) is 40.1 Å². The maximum absolute atomic E-state index is 13.1. The normalized spacial score (nSPS) is 12.1. The number of aryl methyl sites for hydroxylation is 1. The smallest absolute Gasteiger partial charge is 0.417 e. The van der Waals surface area contributed by atoms with E-state index in [0.717, 1.165) is 23.2 Å². The Morgan fingerprint density at radius 1 is 1.17 bits per heavy atom. The van der Waals surface area contributed by atoms with Crippen LogP contribution in [-0.2, 0) is 18.0 Å². The van der Waals surface area contributed by atoms with Crippen molar-refractivity contribution in [3.8, 4) is 0 Å². The Morgan fingerprint density at radius 2 is 1.87 bits per heavy atom. The highest BCUT2D eigenvalue weighted by molar-refractivity contribution is 5.97. The third-order valence-corrected chi connectivity index (χ3v) is 4.44. The van der Waals surface area contributed by atoms with Crippen molar-refractivity contribution in [1.29, 1.82) is 0 Å². The number of aromatic nitrogens is 2. The Labute approximate surface area is 170 Å². The summed E-state index contributed by atoms with van der Waals surface area (Å²) < 4.78 is 46.1. The fourth-order valence-corrected chi connectivity index (χ4v) is 2.93. The molecule has 0 atom stereocenters. The molecule has 6 nitrogen and oxygen atoms in total. The number of nitrogens with one attached hydrogen (secondary N) is 1. The number of rotatable bonds is 5. The number of alkyl halides is 3. The minimum absolute atomic E-state index is 0.315. The first-order chi connectivity index (χ1) is 14.0. The summed E-state index contributed by atoms with van der Waals surface area (Å²) in [6.07, 6.45) is -1.43. The van der Waals surface area contributed by atoms with Crippen molar-refractivity contribution < 1.29 is 27.5 Å². The van der Waals surface area contributed by atoms with Crippen LogP contribution in [0.5, 0.6) is 0 Å². The van der Waals surface area contributed by atoms with Crippen molar-refractivity contribution in [2.45, 2.75) is 25.6 Å². The Balaban J connectivity index is 1.67. The average molecular weight is 419 g/mol. The lowest BCUT2D eigenvalue weighted by Gasteiger charge is -2.26. The summed E-state index contributed by atoms with van der Waals surface area (Å²) in [6.45, 7) is 2.88. The molecule has 3 rings (SSSR count). The van der Waals surface area contributed by atoms with Gasteiger partial charge in [0.05, 0.1) is 22.2 Å². The summed E-state index contributed by atoms with van der Waals surface area (Å²) in [4.78, 5) is 29.0. The standard InChI is InChI=1S/C21H20F3N3O3/c1-20(2,12-30-19(29)15-6-4-5-7-16(15)21(22,23)24)26-18(28)14-10-13-8-9-27(3)17(13)25-11-14/h4-11H,12H2,1-3H3,(H,26,28). The fraction of sp³-hybridized carbons (Fsp3) is 0.286. The molecule has 0 spiro atoms. The molecule has 3 aromatic rings. The minimum Gasteiger partial charge on any atom is -0.460 e. The molecule has 0 saturated heterocycles. The van der Waals surface area contributed by atoms with E-state index in [1.54, 1.807) is 19.9 Å². The molecule has 0 bridgehead atoms. The number of carbonyl (C=O) groups is 2. The molecule has 30 heavy (non-hydrogen) atoms. The van der Waals surface area contributed by atoms with Gasteiger partial charge >= 0.3 is 12.1 Å². The van der Waals surface area contributed by atoms with E-state index in [0.29, 0.717) is 5.56 Å². The Hall–Kier alpha value is -3.36. The van der Waals surface area contributed by atoms with Crippen LogP contribution in [0.3, 0.4) is 0 Å². The van der Waals surface area contributed by atoms with Crippen molar-refractivity contribution in [3.63, 3.8) is 0 Å². The van der Waals surface area contributed by atoms with Gasteiger partial charge in [0.15, 0.2) is 0 Å². The molecule has 0 aliphatic heterocycles. The van der Waals surface area contributed by atoms with Crippen LogP contribution in [0.2, 0.25) is 0 Å². The van der Waals surface area contributed by atoms with E-state index >= 15 is 0 Å². The second-order valence-corrected chi connectivity index (χ2v) is 7.52. The number of ether oxygens (including phenoxy) is 1. The molecule has 1 amide bonds. The van der Waals surface area contributed by atoms with Gasteiger partial charge in [-0.2, -0.15) is 13.2 Å². The highest BCUT2D eigenvalue weighted by Gasteiger charge is 2.35. The zero-order chi connectivity index (χ0) is 22.1. The highest BCUT2D eigenvalue weighted by atomic mass is 19.4. The van der Waals surface area contributed by atoms with E-state index in [2.05, 4.69) is 10.3 Å². The van der Waals surface area contributed by atoms with Crippen molar-refractivity contribution in [3.05, 3.63) is 65.5 Å². The summed E-state index contributed by atoms with van der Waals surface area (Å²) in [5, 5.41) is 3.50. The molecule has 0 radical (unpaired) electrons. The zero-order valence-corrected chi connectivity index (χ0v) is 16.6. The van der Waals surface area contributed by atoms with Gasteiger partial charge in [-0.1, -0.05) is 12.1 Å². The zero-order valence-electron chi connectivity index (χ0n) is 16.6. The fourth-order valence-electron chi connectivity index (χ4n) is 2.93. The number of amides is 1. The maximum Gasteiger partial charge on any atom is 0.417 e. The van der Waals surface area contributed by atoms with Crippen molar-refractivity contribution in [1.82, 2.24) is 14.9 Å². The number of fused-ring (bicyclic) bond motifs is 1. The third-order valence-electron chi connectivity index (χ3n) is 4.44. The summed E-state index contributed by atoms with van der Waals surface area (Å²) >= 11 is 0. The van der Waals surface area contributed by atoms with Crippen LogP contribution in [0.15, 0.2) is 48.8 Å². The SMILES string of the molecule is Cn1ccc2cc(C(=O)NC(C)(C)COC(=O)c3ccccc3C(F)(F)F)cnc21. The molecule has 2 aromatic heterocycles. The molecule has 1 aromatic carbocycles. The van der Waals surface area contributed by atoms with Crippen molar-refractivity contribution >= 4 is 22.9 Å². The van der Waals surface area contributed by atoms with Crippen LogP contribution >= 0.6 is 0 Å². The molecule has 158 valence electrons. The number of hydrogen-bond donors (Lipinski definition) is 1. The van der Waals surface area contributed by atoms with Gasteiger partial charge in [0.2, 0.25) is 0 Å². The molecule has 2 heterocycles. The third kappa shape index (κ3) is 4.61. The molecule has 0 aliphatic rings. The van der Waals surface area contributed by atoms with Crippen molar-refractivity contribution in [2.75, 3.05) is 6.61 Å². The van der Waals surface area contributed by atoms with Gasteiger partial charge in [-0.05, 0) is 38.1 Å². The van der Waals surface area contributed by atoms with E-state index in [1.807, 2.05) is 23.9 Å². The lowest BCUT2D eigenvalue weighted by molar-refractivity contribution is -0.138. The summed E-state index contributed by atoms with van der Waals surface area (Å²) in [6, 6.07) is 7.89. The van der Waals surface area contributed by atoms with Crippen molar-refractivity contribution in [2.24, 2.45) is 7.05 Å². The summed E-state index contributed by atoms with van der Waals surface area (Å²) in [5.74, 6) is -1.55. The lowest BCUT2D eigenvalue weighted by atomic mass is 10.1. The minimum atomic E-state index is -4.68. The van der Waals surface area contributed by atoms with Gasteiger partial charge in [-0.25, -0.2) is 9.78 Å². The number of carbonyl (C=O) groups excluding carboxylic acids is 2. The number of esters is 1. The van der Waals surface area contributed by atoms with Gasteiger partial charge in [-0.15, -0.1) is 0 Å². The first-order valence-electron chi connectivity index (χ1n) is 9.05. The molecular formula is C21H20F3N3O3. The Bertz CT molecular complexity index is 1100. The molecule has 1 N–H and O–H groups in total. The van der Waals surface area contributed by atoms with Crippen LogP contribution in [-0.4, -0.2) is 33.6 Å². The lowest BCUT2D eigenvalue weighted by Crippen LogP contribution is -2.47. The predicted octanol–water partition coefficient (Wildman–Crippen LogP) is 3.96. The number of halogens is 3. The molecule has 0 unspecified atom stereocenters. The summed E-state index contributed by atoms with van der Waals surface area (Å²) in [7, 11) is 1.84. The second kappa shape index (κ2) is 7.81. The first kappa shape index (κ1) is 21.4. The van der Waals surface area contributed by atoms with Gasteiger partial charge in [0, 0.05) is 24.8 Å². The Morgan fingerprint density at radius 3 is 2.57 bits per heavy atom. The van der Waals surface area contributed by atoms with Crippen LogP contribution in [0.4, 0.5) is 13.2 Å².